The van der Waals surface area contributed by atoms with Crippen molar-refractivity contribution >= 4 is 35.1 Å². The van der Waals surface area contributed by atoms with Gasteiger partial charge in [0.05, 0.1) is 22.4 Å². The number of aromatic nitrogens is 3. The Morgan fingerprint density at radius 2 is 1.70 bits per heavy atom. The second-order valence-electron chi connectivity index (χ2n) is 9.48. The summed E-state index contributed by atoms with van der Waals surface area (Å²) in [7, 11) is 0. The Kier molecular flexibility index (Phi) is 7.76. The van der Waals surface area contributed by atoms with E-state index in [0.29, 0.717) is 37.4 Å². The smallest absolute Gasteiger partial charge is 0.272 e. The Morgan fingerprint density at radius 3 is 2.42 bits per heavy atom. The second kappa shape index (κ2) is 11.4. The van der Waals surface area contributed by atoms with E-state index in [1.165, 1.54) is 28.9 Å². The van der Waals surface area contributed by atoms with Crippen molar-refractivity contribution in [1.82, 2.24) is 20.1 Å². The number of aliphatic hydroxyl groups is 1. The highest BCUT2D eigenvalue weighted by Crippen LogP contribution is 2.29. The van der Waals surface area contributed by atoms with Crippen LogP contribution in [0.25, 0.3) is 16.9 Å². The van der Waals surface area contributed by atoms with Crippen LogP contribution in [0.15, 0.2) is 60.7 Å². The van der Waals surface area contributed by atoms with Gasteiger partial charge >= 0.3 is 0 Å². The number of pyridine rings is 1. The van der Waals surface area contributed by atoms with Gasteiger partial charge in [0.2, 0.25) is 0 Å². The number of nitrogens with one attached hydrogen (secondary N) is 2. The van der Waals surface area contributed by atoms with Crippen LogP contribution in [0.2, 0.25) is 5.02 Å². The van der Waals surface area contributed by atoms with E-state index in [4.69, 9.17) is 17.3 Å². The molecule has 2 amide bonds. The first-order valence-corrected chi connectivity index (χ1v) is 12.9. The minimum atomic E-state index is -0.997. The summed E-state index contributed by atoms with van der Waals surface area (Å²) in [6, 6.07) is 15.0. The van der Waals surface area contributed by atoms with Crippen LogP contribution in [0, 0.1) is 11.6 Å². The first kappa shape index (κ1) is 27.2. The number of benzene rings is 2. The molecule has 0 unspecified atom stereocenters. The number of nitrogens with zero attached hydrogens (tertiary/aromatic N) is 3. The van der Waals surface area contributed by atoms with Crippen molar-refractivity contribution in [2.75, 3.05) is 11.1 Å². The van der Waals surface area contributed by atoms with Crippen LogP contribution in [0.5, 0.6) is 0 Å². The first-order chi connectivity index (χ1) is 19.2. The fraction of sp³-hybridized carbons (Fsp3) is 0.214. The average molecular weight is 567 g/mol. The summed E-state index contributed by atoms with van der Waals surface area (Å²) < 4.78 is 29.5. The maximum atomic E-state index is 14.4. The van der Waals surface area contributed by atoms with Crippen molar-refractivity contribution in [2.24, 2.45) is 0 Å². The van der Waals surface area contributed by atoms with Crippen molar-refractivity contribution < 1.29 is 23.5 Å². The fourth-order valence-electron chi connectivity index (χ4n) is 4.54. The third kappa shape index (κ3) is 5.80. The summed E-state index contributed by atoms with van der Waals surface area (Å²) in [6.07, 6.45) is 2.16. The highest BCUT2D eigenvalue weighted by Gasteiger charge is 2.24. The predicted molar refractivity (Wildman–Crippen MR) is 146 cm³/mol. The van der Waals surface area contributed by atoms with E-state index in [2.05, 4.69) is 20.7 Å². The molecule has 0 radical (unpaired) electrons. The Labute approximate surface area is 233 Å². The normalized spacial score (nSPS) is 16.9. The van der Waals surface area contributed by atoms with Crippen LogP contribution in [-0.2, 0) is 0 Å². The van der Waals surface area contributed by atoms with Crippen LogP contribution in [0.3, 0.4) is 0 Å². The largest absolute Gasteiger partial charge is 0.393 e. The van der Waals surface area contributed by atoms with Gasteiger partial charge in [-0.2, -0.15) is 5.10 Å². The number of amides is 2. The van der Waals surface area contributed by atoms with Gasteiger partial charge in [-0.1, -0.05) is 35.9 Å². The molecule has 1 aliphatic carbocycles. The quantitative estimate of drug-likeness (QED) is 0.266. The lowest BCUT2D eigenvalue weighted by Crippen LogP contribution is -2.38. The highest BCUT2D eigenvalue weighted by molar-refractivity contribution is 6.34. The Bertz CT molecular complexity index is 1570. The van der Waals surface area contributed by atoms with E-state index in [-0.39, 0.29) is 45.5 Å². The molecule has 0 atom stereocenters. The molecule has 5 rings (SSSR count). The van der Waals surface area contributed by atoms with Gasteiger partial charge in [-0.25, -0.2) is 18.4 Å². The zero-order valence-electron chi connectivity index (χ0n) is 21.1. The molecular weight excluding hydrogens is 542 g/mol. The van der Waals surface area contributed by atoms with Gasteiger partial charge in [0.25, 0.3) is 11.8 Å². The molecule has 9 nitrogen and oxygen atoms in total. The minimum absolute atomic E-state index is 0.0177. The molecule has 2 heterocycles. The summed E-state index contributed by atoms with van der Waals surface area (Å²) in [5.41, 5.74) is 6.08. The van der Waals surface area contributed by atoms with Crippen LogP contribution in [0.4, 0.5) is 20.4 Å². The summed E-state index contributed by atoms with van der Waals surface area (Å²) in [5.74, 6) is -3.32. The summed E-state index contributed by atoms with van der Waals surface area (Å²) in [4.78, 5) is 30.2. The van der Waals surface area contributed by atoms with Gasteiger partial charge in [0.15, 0.2) is 23.1 Å². The zero-order chi connectivity index (χ0) is 28.4. The molecule has 12 heteroatoms. The van der Waals surface area contributed by atoms with Gasteiger partial charge in [0.1, 0.15) is 11.5 Å². The molecular formula is C28H25ClF2N6O3. The fourth-order valence-corrected chi connectivity index (χ4v) is 4.74. The van der Waals surface area contributed by atoms with E-state index in [1.807, 2.05) is 6.07 Å². The SMILES string of the molecule is Nc1nc(-c2ccc(Cl)c(C(=O)Nc3cc(C(=O)NC4CCC(O)CC4)nn3-c3ccccc3)c2)c(F)cc1F. The number of nitrogens with two attached hydrogens (primary N) is 1. The maximum absolute atomic E-state index is 14.4. The van der Waals surface area contributed by atoms with E-state index in [1.54, 1.807) is 24.3 Å². The molecule has 1 saturated carbocycles. The van der Waals surface area contributed by atoms with E-state index in [9.17, 15) is 23.5 Å². The number of hydrogen-bond acceptors (Lipinski definition) is 6. The van der Waals surface area contributed by atoms with Crippen LogP contribution >= 0.6 is 11.6 Å². The van der Waals surface area contributed by atoms with Crippen LogP contribution in [-0.4, -0.2) is 43.8 Å². The standard InChI is InChI=1S/C28H25ClF2N6O3/c29-20-11-6-15(25-21(30)13-22(31)26(32)35-25)12-19(20)27(39)34-24-14-23(36-37(24)17-4-2-1-3-5-17)28(40)33-16-7-9-18(38)10-8-16/h1-6,11-14,16,18,38H,7-10H2,(H2,32,35)(H,33,40)(H,34,39). The van der Waals surface area contributed by atoms with E-state index < -0.39 is 29.3 Å². The Morgan fingerprint density at radius 1 is 0.975 bits per heavy atom. The van der Waals surface area contributed by atoms with Gasteiger partial charge in [-0.05, 0) is 49.9 Å². The third-order valence-electron chi connectivity index (χ3n) is 6.66. The van der Waals surface area contributed by atoms with Gasteiger partial charge in [-0.3, -0.25) is 9.59 Å². The number of carbonyl (C=O) groups excluding carboxylic acids is 2. The van der Waals surface area contributed by atoms with E-state index >= 15 is 0 Å². The van der Waals surface area contributed by atoms with Gasteiger partial charge < -0.3 is 21.5 Å². The molecule has 4 aromatic rings. The molecule has 0 aliphatic heterocycles. The molecule has 0 spiro atoms. The number of para-hydroxylation sites is 1. The van der Waals surface area contributed by atoms with Crippen molar-refractivity contribution in [3.8, 4) is 16.9 Å². The number of aliphatic hydroxyl groups excluding tert-OH is 1. The lowest BCUT2D eigenvalue weighted by molar-refractivity contribution is 0.0862. The molecule has 1 fully saturated rings. The number of hydrogen-bond donors (Lipinski definition) is 4. The average Bonchev–Trinajstić information content (AvgIpc) is 3.36. The number of nitrogen functional groups attached to an aromatic ring is 1. The topological polar surface area (TPSA) is 135 Å². The monoisotopic (exact) mass is 566 g/mol. The number of anilines is 2. The molecule has 1 aliphatic rings. The molecule has 0 bridgehead atoms. The van der Waals surface area contributed by atoms with Gasteiger partial charge in [-0.15, -0.1) is 0 Å². The molecule has 2 aromatic heterocycles. The molecule has 0 saturated heterocycles. The molecule has 206 valence electrons. The Hall–Kier alpha value is -4.35. The Balaban J connectivity index is 1.44. The second-order valence-corrected chi connectivity index (χ2v) is 9.88. The van der Waals surface area contributed by atoms with Crippen molar-refractivity contribution in [1.29, 1.82) is 0 Å². The van der Waals surface area contributed by atoms with Crippen molar-refractivity contribution in [3.05, 3.63) is 88.6 Å². The van der Waals surface area contributed by atoms with E-state index in [0.717, 1.165) is 0 Å². The predicted octanol–water partition coefficient (Wildman–Crippen LogP) is 4.73. The van der Waals surface area contributed by atoms with Crippen molar-refractivity contribution in [3.63, 3.8) is 0 Å². The summed E-state index contributed by atoms with van der Waals surface area (Å²) in [6.45, 7) is 0. The number of halogens is 3. The lowest BCUT2D eigenvalue weighted by Gasteiger charge is -2.25. The lowest BCUT2D eigenvalue weighted by atomic mass is 9.93. The molecule has 2 aromatic carbocycles. The van der Waals surface area contributed by atoms with Gasteiger partial charge in [0, 0.05) is 23.7 Å². The van der Waals surface area contributed by atoms with Crippen LogP contribution in [0.1, 0.15) is 46.5 Å². The maximum Gasteiger partial charge on any atom is 0.272 e. The number of carbonyl (C=O) groups is 2. The van der Waals surface area contributed by atoms with Crippen molar-refractivity contribution in [2.45, 2.75) is 37.8 Å². The molecule has 5 N–H and O–H groups in total. The summed E-state index contributed by atoms with van der Waals surface area (Å²) >= 11 is 6.31. The summed E-state index contributed by atoms with van der Waals surface area (Å²) in [5, 5.41) is 19.9. The first-order valence-electron chi connectivity index (χ1n) is 12.6. The third-order valence-corrected chi connectivity index (χ3v) is 6.99. The molecule has 40 heavy (non-hydrogen) atoms. The zero-order valence-corrected chi connectivity index (χ0v) is 21.8. The van der Waals surface area contributed by atoms with Crippen LogP contribution < -0.4 is 16.4 Å². The number of rotatable bonds is 6. The highest BCUT2D eigenvalue weighted by atomic mass is 35.5. The minimum Gasteiger partial charge on any atom is -0.393 e.